The molecule has 0 aliphatic heterocycles. The molecule has 0 atom stereocenters. The highest BCUT2D eigenvalue weighted by molar-refractivity contribution is 6.24. The minimum Gasteiger partial charge on any atom is -0.309 e. The molecule has 6 nitrogen and oxygen atoms in total. The molecule has 0 saturated carbocycles. The molecule has 0 N–H and O–H groups in total. The van der Waals surface area contributed by atoms with E-state index in [2.05, 4.69) is 195 Å². The van der Waals surface area contributed by atoms with Crippen LogP contribution < -0.4 is 0 Å². The summed E-state index contributed by atoms with van der Waals surface area (Å²) in [5.41, 5.74) is 8.47. The molecule has 0 aliphatic rings. The molecular weight excluding hydrogens is 697 g/mol. The van der Waals surface area contributed by atoms with E-state index < -0.39 is 0 Å². The van der Waals surface area contributed by atoms with Crippen LogP contribution in [0.4, 0.5) is 0 Å². The summed E-state index contributed by atoms with van der Waals surface area (Å²) in [6.07, 6.45) is 0. The van der Waals surface area contributed by atoms with Crippen molar-refractivity contribution < 1.29 is 0 Å². The third-order valence-electron chi connectivity index (χ3n) is 11.9. The third-order valence-corrected chi connectivity index (χ3v) is 11.9. The normalized spacial score (nSPS) is 12.2. The molecule has 0 aliphatic carbocycles. The quantitative estimate of drug-likeness (QED) is 0.178. The van der Waals surface area contributed by atoms with Crippen LogP contribution >= 0.6 is 0 Å². The summed E-state index contributed by atoms with van der Waals surface area (Å²) < 4.78 is 6.84. The summed E-state index contributed by atoms with van der Waals surface area (Å²) in [5, 5.41) is 11.6. The van der Waals surface area contributed by atoms with Crippen molar-refractivity contribution in [1.29, 1.82) is 0 Å². The molecule has 0 unspecified atom stereocenters. The predicted octanol–water partition coefficient (Wildman–Crippen LogP) is 12.6. The van der Waals surface area contributed by atoms with Gasteiger partial charge in [-0.05, 0) is 47.2 Å². The van der Waals surface area contributed by atoms with Gasteiger partial charge >= 0.3 is 0 Å². The molecule has 5 aromatic heterocycles. The highest BCUT2D eigenvalue weighted by Crippen LogP contribution is 2.39. The van der Waals surface area contributed by atoms with Gasteiger partial charge in [-0.25, -0.2) is 0 Å². The minimum atomic E-state index is 0.568. The van der Waals surface area contributed by atoms with E-state index in [0.717, 1.165) is 87.4 Å². The molecule has 0 radical (unpaired) electrons. The second kappa shape index (κ2) is 11.4. The molecule has 0 spiro atoms. The van der Waals surface area contributed by atoms with Crippen LogP contribution in [0, 0.1) is 0 Å². The molecule has 0 saturated heterocycles. The number of hydrogen-bond acceptors (Lipinski definition) is 3. The van der Waals surface area contributed by atoms with E-state index in [1.54, 1.807) is 0 Å². The number of benzene rings is 8. The molecule has 264 valence electrons. The van der Waals surface area contributed by atoms with E-state index in [1.165, 1.54) is 10.8 Å². The average molecular weight is 727 g/mol. The molecule has 57 heavy (non-hydrogen) atoms. The fourth-order valence-corrected chi connectivity index (χ4v) is 9.51. The molecule has 8 aromatic carbocycles. The Balaban J connectivity index is 1.27. The minimum absolute atomic E-state index is 0.568. The highest BCUT2D eigenvalue weighted by Gasteiger charge is 2.19. The van der Waals surface area contributed by atoms with Gasteiger partial charge in [0.25, 0.3) is 0 Å². The van der Waals surface area contributed by atoms with Crippen LogP contribution in [0.1, 0.15) is 0 Å². The maximum atomic E-state index is 5.47. The van der Waals surface area contributed by atoms with Crippen LogP contribution in [-0.4, -0.2) is 28.3 Å². The smallest absolute Gasteiger partial charge is 0.240 e. The van der Waals surface area contributed by atoms with Crippen LogP contribution in [0.25, 0.3) is 116 Å². The molecule has 13 aromatic rings. The van der Waals surface area contributed by atoms with Crippen LogP contribution in [0.5, 0.6) is 0 Å². The summed E-state index contributed by atoms with van der Waals surface area (Å²) >= 11 is 0. The van der Waals surface area contributed by atoms with Crippen molar-refractivity contribution >= 4 is 98.5 Å². The summed E-state index contributed by atoms with van der Waals surface area (Å²) in [6, 6.07) is 65.0. The SMILES string of the molecule is c1cc(-c2nc3nc(n2)n2c4ccccc4c4cccc(c5ccccc5c5cccc6c7ccccc7n3c56)c42)cc(-n2c3ccccc3c3ccccc32)c1. The number of para-hydroxylation sites is 6. The number of hydrogen-bond donors (Lipinski definition) is 0. The van der Waals surface area contributed by atoms with Gasteiger partial charge in [-0.3, -0.25) is 8.80 Å². The lowest BCUT2D eigenvalue weighted by Crippen LogP contribution is -2.02. The zero-order valence-electron chi connectivity index (χ0n) is 30.5. The first-order chi connectivity index (χ1) is 28.3. The number of fused-ring (bicyclic) bond motifs is 16. The lowest BCUT2D eigenvalue weighted by molar-refractivity contribution is 1.06. The topological polar surface area (TPSA) is 52.4 Å². The van der Waals surface area contributed by atoms with Crippen LogP contribution in [0.15, 0.2) is 182 Å². The molecule has 5 heterocycles. The van der Waals surface area contributed by atoms with E-state index >= 15 is 0 Å². The van der Waals surface area contributed by atoms with Gasteiger partial charge in [0.15, 0.2) is 5.82 Å². The van der Waals surface area contributed by atoms with E-state index in [-0.39, 0.29) is 0 Å². The second-order valence-corrected chi connectivity index (χ2v) is 14.8. The van der Waals surface area contributed by atoms with E-state index in [4.69, 9.17) is 15.0 Å². The Morgan fingerprint density at radius 1 is 0.298 bits per heavy atom. The van der Waals surface area contributed by atoms with Gasteiger partial charge < -0.3 is 4.57 Å². The van der Waals surface area contributed by atoms with E-state index in [0.29, 0.717) is 17.4 Å². The lowest BCUT2D eigenvalue weighted by atomic mass is 10.0. The zero-order valence-corrected chi connectivity index (χ0v) is 30.5. The van der Waals surface area contributed by atoms with Crippen LogP contribution in [0.3, 0.4) is 0 Å². The summed E-state index contributed by atoms with van der Waals surface area (Å²) in [7, 11) is 0. The molecule has 0 amide bonds. The van der Waals surface area contributed by atoms with Crippen molar-refractivity contribution in [1.82, 2.24) is 28.3 Å². The third kappa shape index (κ3) is 4.16. The molecule has 13 rings (SSSR count). The Hall–Kier alpha value is -7.83. The van der Waals surface area contributed by atoms with Gasteiger partial charge in [0.1, 0.15) is 0 Å². The van der Waals surface area contributed by atoms with Crippen molar-refractivity contribution in [2.75, 3.05) is 0 Å². The Morgan fingerprint density at radius 3 is 1.16 bits per heavy atom. The summed E-state index contributed by atoms with van der Waals surface area (Å²) in [5.74, 6) is 1.73. The maximum Gasteiger partial charge on any atom is 0.240 e. The first-order valence-electron chi connectivity index (χ1n) is 19.3. The number of rotatable bonds is 2. The van der Waals surface area contributed by atoms with Gasteiger partial charge in [-0.15, -0.1) is 0 Å². The molecule has 0 fully saturated rings. The van der Waals surface area contributed by atoms with Crippen molar-refractivity contribution in [3.05, 3.63) is 182 Å². The fourth-order valence-electron chi connectivity index (χ4n) is 9.51. The monoisotopic (exact) mass is 726 g/mol. The van der Waals surface area contributed by atoms with Crippen molar-refractivity contribution in [2.24, 2.45) is 0 Å². The van der Waals surface area contributed by atoms with Crippen molar-refractivity contribution in [3.8, 4) is 17.1 Å². The van der Waals surface area contributed by atoms with Crippen molar-refractivity contribution in [3.63, 3.8) is 0 Å². The van der Waals surface area contributed by atoms with E-state index in [1.807, 2.05) is 0 Å². The van der Waals surface area contributed by atoms with Gasteiger partial charge in [-0.2, -0.15) is 15.0 Å². The predicted molar refractivity (Wildman–Crippen MR) is 235 cm³/mol. The number of nitrogens with zero attached hydrogens (tertiary/aromatic N) is 6. The Morgan fingerprint density at radius 2 is 0.667 bits per heavy atom. The van der Waals surface area contributed by atoms with Gasteiger partial charge in [0.2, 0.25) is 11.6 Å². The Labute approximate surface area is 324 Å². The largest absolute Gasteiger partial charge is 0.309 e. The maximum absolute atomic E-state index is 5.47. The first-order valence-corrected chi connectivity index (χ1v) is 19.3. The van der Waals surface area contributed by atoms with Crippen LogP contribution in [-0.2, 0) is 0 Å². The second-order valence-electron chi connectivity index (χ2n) is 14.8. The lowest BCUT2D eigenvalue weighted by Gasteiger charge is -2.10. The Kier molecular flexibility index (Phi) is 6.07. The average Bonchev–Trinajstić information content (AvgIpc) is 3.92. The van der Waals surface area contributed by atoms with Crippen molar-refractivity contribution in [2.45, 2.75) is 0 Å². The first kappa shape index (κ1) is 30.5. The highest BCUT2D eigenvalue weighted by atomic mass is 15.2. The van der Waals surface area contributed by atoms with Gasteiger partial charge in [0.05, 0.1) is 33.1 Å². The molecule has 6 heteroatoms. The summed E-state index contributed by atoms with van der Waals surface area (Å²) in [6.45, 7) is 0. The molecule has 2 bridgehead atoms. The van der Waals surface area contributed by atoms with Gasteiger partial charge in [-0.1, -0.05) is 146 Å². The van der Waals surface area contributed by atoms with Gasteiger partial charge in [0, 0.05) is 54.3 Å². The van der Waals surface area contributed by atoms with Crippen LogP contribution in [0.2, 0.25) is 0 Å². The Bertz CT molecular complexity index is 3660. The number of aromatic nitrogens is 6. The summed E-state index contributed by atoms with van der Waals surface area (Å²) in [4.78, 5) is 16.3. The van der Waals surface area contributed by atoms with E-state index in [9.17, 15) is 0 Å². The molecular formula is C51H30N6. The standard InChI is InChI=1S/C51H30N6/c1-2-17-34-33(16-1)39-22-12-24-41-37-20-5-9-28-45(37)56(47(39)41)50-52-49(53-51(54-50)57-46-29-10-6-21-38(46)42-25-13-23-40(34)48(42)57)31-14-11-15-32(30-31)55-43-26-7-3-18-35(43)36-19-4-8-27-44(36)55/h1-30H. The fraction of sp³-hybridized carbons (Fsp3) is 0. The zero-order chi connectivity index (χ0) is 37.2.